The number of halogens is 1. The number of nitrogens with zero attached hydrogens (tertiary/aromatic N) is 6. The maximum atomic E-state index is 8.51. The van der Waals surface area contributed by atoms with E-state index in [1.165, 1.54) is 6.20 Å². The Morgan fingerprint density at radius 1 is 1.26 bits per heavy atom. The zero-order chi connectivity index (χ0) is 13.2. The van der Waals surface area contributed by atoms with Gasteiger partial charge in [-0.15, -0.1) is 0 Å². The van der Waals surface area contributed by atoms with Gasteiger partial charge in [0, 0.05) is 27.9 Å². The Balaban J connectivity index is 2.18. The van der Waals surface area contributed by atoms with Crippen LogP contribution in [0.3, 0.4) is 0 Å². The first-order valence-corrected chi connectivity index (χ1v) is 5.81. The Morgan fingerprint density at radius 2 is 2.05 bits per heavy atom. The van der Waals surface area contributed by atoms with Gasteiger partial charge in [0.2, 0.25) is 0 Å². The molecule has 0 aliphatic heterocycles. The van der Waals surface area contributed by atoms with E-state index in [9.17, 15) is 0 Å². The average Bonchev–Trinajstić information content (AvgIpc) is 2.85. The third kappa shape index (κ3) is 2.10. The number of azide groups is 1. The van der Waals surface area contributed by atoms with Gasteiger partial charge in [0.05, 0.1) is 11.2 Å². The molecule has 0 aliphatic rings. The van der Waals surface area contributed by atoms with Crippen molar-refractivity contribution in [1.82, 2.24) is 14.6 Å². The van der Waals surface area contributed by atoms with Crippen molar-refractivity contribution in [3.63, 3.8) is 0 Å². The second-order valence-electron chi connectivity index (χ2n) is 3.81. The molecule has 0 fully saturated rings. The van der Waals surface area contributed by atoms with E-state index in [0.29, 0.717) is 16.4 Å². The minimum absolute atomic E-state index is 0.303. The summed E-state index contributed by atoms with van der Waals surface area (Å²) in [5.74, 6) is 0.303. The maximum Gasteiger partial charge on any atom is 0.152 e. The van der Waals surface area contributed by atoms with E-state index >= 15 is 0 Å². The summed E-state index contributed by atoms with van der Waals surface area (Å²) in [6.45, 7) is 0. The van der Waals surface area contributed by atoms with Gasteiger partial charge in [-0.1, -0.05) is 23.7 Å². The fraction of sp³-hybridized carbons (Fsp3) is 0. The molecular formula is C12H7ClN6. The number of hydrogen-bond donors (Lipinski definition) is 0. The van der Waals surface area contributed by atoms with Crippen molar-refractivity contribution in [2.75, 3.05) is 0 Å². The molecule has 0 bridgehead atoms. The van der Waals surface area contributed by atoms with Gasteiger partial charge in [-0.3, -0.25) is 4.98 Å². The monoisotopic (exact) mass is 270 g/mol. The Labute approximate surface area is 112 Å². The summed E-state index contributed by atoms with van der Waals surface area (Å²) in [5.41, 5.74) is 10.9. The molecule has 19 heavy (non-hydrogen) atoms. The third-order valence-electron chi connectivity index (χ3n) is 2.65. The highest BCUT2D eigenvalue weighted by Crippen LogP contribution is 2.25. The molecular weight excluding hydrogens is 264 g/mol. The number of benzene rings is 1. The molecule has 0 amide bonds. The largest absolute Gasteiger partial charge is 0.251 e. The smallest absolute Gasteiger partial charge is 0.152 e. The molecule has 0 radical (unpaired) electrons. The van der Waals surface area contributed by atoms with Crippen LogP contribution >= 0.6 is 11.6 Å². The van der Waals surface area contributed by atoms with Crippen LogP contribution in [0.25, 0.3) is 27.2 Å². The van der Waals surface area contributed by atoms with Gasteiger partial charge < -0.3 is 0 Å². The van der Waals surface area contributed by atoms with Gasteiger partial charge in [-0.25, -0.2) is 4.52 Å². The van der Waals surface area contributed by atoms with Gasteiger partial charge in [0.1, 0.15) is 0 Å². The molecule has 2 heterocycles. The fourth-order valence-electron chi connectivity index (χ4n) is 1.79. The minimum Gasteiger partial charge on any atom is -0.251 e. The molecule has 6 nitrogen and oxygen atoms in total. The molecule has 0 spiro atoms. The van der Waals surface area contributed by atoms with Crippen molar-refractivity contribution in [2.45, 2.75) is 0 Å². The summed E-state index contributed by atoms with van der Waals surface area (Å²) in [6.07, 6.45) is 3.24. The van der Waals surface area contributed by atoms with Gasteiger partial charge in [-0.2, -0.15) is 5.10 Å². The van der Waals surface area contributed by atoms with Crippen LogP contribution in [0.1, 0.15) is 0 Å². The number of aromatic nitrogens is 3. The van der Waals surface area contributed by atoms with Gasteiger partial charge >= 0.3 is 0 Å². The maximum absolute atomic E-state index is 8.51. The summed E-state index contributed by atoms with van der Waals surface area (Å²) in [4.78, 5) is 6.77. The lowest BCUT2D eigenvalue weighted by Gasteiger charge is -1.95. The van der Waals surface area contributed by atoms with E-state index in [4.69, 9.17) is 17.1 Å². The molecule has 0 atom stereocenters. The van der Waals surface area contributed by atoms with Crippen LogP contribution < -0.4 is 0 Å². The summed E-state index contributed by atoms with van der Waals surface area (Å²) >= 11 is 5.85. The number of fused-ring (bicyclic) bond motifs is 1. The summed E-state index contributed by atoms with van der Waals surface area (Å²) < 4.78 is 1.63. The Morgan fingerprint density at radius 3 is 2.79 bits per heavy atom. The molecule has 92 valence electrons. The topological polar surface area (TPSA) is 79.0 Å². The average molecular weight is 271 g/mol. The van der Waals surface area contributed by atoms with Gasteiger partial charge in [-0.05, 0) is 28.8 Å². The highest BCUT2D eigenvalue weighted by Gasteiger charge is 2.07. The van der Waals surface area contributed by atoms with E-state index in [1.54, 1.807) is 22.8 Å². The van der Waals surface area contributed by atoms with E-state index < -0.39 is 0 Å². The highest BCUT2D eigenvalue weighted by molar-refractivity contribution is 6.30. The summed E-state index contributed by atoms with van der Waals surface area (Å²) in [7, 11) is 0. The minimum atomic E-state index is 0.303. The first-order valence-electron chi connectivity index (χ1n) is 5.43. The van der Waals surface area contributed by atoms with Crippen LogP contribution in [0, 0.1) is 0 Å². The fourth-order valence-corrected chi connectivity index (χ4v) is 1.92. The van der Waals surface area contributed by atoms with Crippen molar-refractivity contribution in [2.24, 2.45) is 5.11 Å². The zero-order valence-corrected chi connectivity index (χ0v) is 10.4. The van der Waals surface area contributed by atoms with Crippen LogP contribution in [-0.4, -0.2) is 14.6 Å². The van der Waals surface area contributed by atoms with Crippen LogP contribution in [0.2, 0.25) is 5.02 Å². The molecule has 1 aromatic carbocycles. The SMILES string of the molecule is [N-]=[N+]=Nc1nccn2nc(-c3ccc(Cl)cc3)cc12. The van der Waals surface area contributed by atoms with E-state index in [-0.39, 0.29) is 0 Å². The quantitative estimate of drug-likeness (QED) is 0.401. The molecule has 0 N–H and O–H groups in total. The van der Waals surface area contributed by atoms with Crippen molar-refractivity contribution >= 4 is 22.9 Å². The first kappa shape index (κ1) is 11.5. The zero-order valence-electron chi connectivity index (χ0n) is 9.60. The molecule has 0 aliphatic carbocycles. The molecule has 0 unspecified atom stereocenters. The predicted octanol–water partition coefficient (Wildman–Crippen LogP) is 3.99. The van der Waals surface area contributed by atoms with Crippen molar-refractivity contribution in [3.05, 3.63) is 58.2 Å². The van der Waals surface area contributed by atoms with Crippen molar-refractivity contribution < 1.29 is 0 Å². The molecule has 3 rings (SSSR count). The molecule has 0 saturated heterocycles. The normalized spacial score (nSPS) is 10.4. The number of hydrogen-bond acceptors (Lipinski definition) is 3. The summed E-state index contributed by atoms with van der Waals surface area (Å²) in [6, 6.07) is 9.18. The van der Waals surface area contributed by atoms with Crippen molar-refractivity contribution in [3.8, 4) is 11.3 Å². The van der Waals surface area contributed by atoms with Crippen molar-refractivity contribution in [1.29, 1.82) is 0 Å². The lowest BCUT2D eigenvalue weighted by atomic mass is 10.1. The lowest BCUT2D eigenvalue weighted by molar-refractivity contribution is 0.949. The number of rotatable bonds is 2. The third-order valence-corrected chi connectivity index (χ3v) is 2.90. The Kier molecular flexibility index (Phi) is 2.79. The van der Waals surface area contributed by atoms with E-state index in [0.717, 1.165) is 11.3 Å². The summed E-state index contributed by atoms with van der Waals surface area (Å²) in [5, 5.41) is 8.62. The molecule has 2 aromatic heterocycles. The molecule has 7 heteroatoms. The molecule has 3 aromatic rings. The second-order valence-corrected chi connectivity index (χ2v) is 4.24. The molecule has 0 saturated carbocycles. The standard InChI is InChI=1S/C12H7ClN6/c13-9-3-1-8(2-4-9)10-7-11-12(16-18-14)15-5-6-19(11)17-10/h1-7H. The first-order chi connectivity index (χ1) is 9.28. The predicted molar refractivity (Wildman–Crippen MR) is 72.2 cm³/mol. The lowest BCUT2D eigenvalue weighted by Crippen LogP contribution is -1.87. The van der Waals surface area contributed by atoms with Gasteiger partial charge in [0.25, 0.3) is 0 Å². The van der Waals surface area contributed by atoms with Crippen LogP contribution in [0.4, 0.5) is 5.82 Å². The Hall–Kier alpha value is -2.56. The van der Waals surface area contributed by atoms with Crippen LogP contribution in [-0.2, 0) is 0 Å². The van der Waals surface area contributed by atoms with Gasteiger partial charge in [0.15, 0.2) is 5.82 Å². The van der Waals surface area contributed by atoms with E-state index in [2.05, 4.69) is 20.1 Å². The highest BCUT2D eigenvalue weighted by atomic mass is 35.5. The van der Waals surface area contributed by atoms with E-state index in [1.807, 2.05) is 18.2 Å². The van der Waals surface area contributed by atoms with Crippen LogP contribution in [0.5, 0.6) is 0 Å². The van der Waals surface area contributed by atoms with Crippen LogP contribution in [0.15, 0.2) is 47.8 Å². The second kappa shape index (κ2) is 4.61. The Bertz CT molecular complexity index is 786.